The van der Waals surface area contributed by atoms with Crippen LogP contribution in [0.5, 0.6) is 5.75 Å². The van der Waals surface area contributed by atoms with Gasteiger partial charge in [0.05, 0.1) is 28.6 Å². The zero-order chi connectivity index (χ0) is 32.3. The molecule has 0 saturated heterocycles. The molecule has 236 valence electrons. The van der Waals surface area contributed by atoms with Gasteiger partial charge in [-0.2, -0.15) is 5.10 Å². The molecule has 4 aromatic heterocycles. The summed E-state index contributed by atoms with van der Waals surface area (Å²) in [5.41, 5.74) is 9.44. The molecule has 0 amide bonds. The highest BCUT2D eigenvalue weighted by molar-refractivity contribution is 5.97. The lowest BCUT2D eigenvalue weighted by Crippen LogP contribution is -2.19. The van der Waals surface area contributed by atoms with E-state index >= 15 is 0 Å². The van der Waals surface area contributed by atoms with E-state index in [2.05, 4.69) is 74.9 Å². The summed E-state index contributed by atoms with van der Waals surface area (Å²) in [6.07, 6.45) is 3.49. The Morgan fingerprint density at radius 3 is 2.55 bits per heavy atom. The Hall–Kier alpha value is -5.45. The minimum atomic E-state index is -0.401. The van der Waals surface area contributed by atoms with E-state index in [1.54, 1.807) is 18.5 Å². The lowest BCUT2D eigenvalue weighted by Gasteiger charge is -2.12. The second-order valence-corrected chi connectivity index (χ2v) is 12.0. The standard InChI is InChI=1S/C37H35FN8O/c1-23-13-25(21-39-20-24-7-5-4-6-8-24)15-26(14-23)32-19-30-33(22-41-32)44-45-35(30)37-42-31-9-10-40-34(36(31)43-37)27-16-28(38)18-29(17-27)47-12-11-46(2)3/h4-10,13-19,22,39H,11-12,20-21H2,1-3H3,(H,42,43)(H,44,45). The van der Waals surface area contributed by atoms with Gasteiger partial charge in [0.1, 0.15) is 29.4 Å². The molecule has 0 atom stereocenters. The summed E-state index contributed by atoms with van der Waals surface area (Å²) < 4.78 is 20.5. The maximum absolute atomic E-state index is 14.7. The summed E-state index contributed by atoms with van der Waals surface area (Å²) in [7, 11) is 3.93. The van der Waals surface area contributed by atoms with Crippen molar-refractivity contribution in [2.75, 3.05) is 27.2 Å². The number of fused-ring (bicyclic) bond motifs is 2. The van der Waals surface area contributed by atoms with E-state index in [-0.39, 0.29) is 0 Å². The van der Waals surface area contributed by atoms with E-state index in [1.807, 2.05) is 37.2 Å². The number of aromatic nitrogens is 6. The Morgan fingerprint density at radius 2 is 1.70 bits per heavy atom. The Labute approximate surface area is 271 Å². The number of hydrogen-bond donors (Lipinski definition) is 3. The molecule has 7 aromatic rings. The average Bonchev–Trinajstić information content (AvgIpc) is 3.68. The predicted molar refractivity (Wildman–Crippen MR) is 183 cm³/mol. The molecule has 0 radical (unpaired) electrons. The molecule has 3 N–H and O–H groups in total. The van der Waals surface area contributed by atoms with Crippen LogP contribution in [0, 0.1) is 12.7 Å². The molecule has 10 heteroatoms. The summed E-state index contributed by atoms with van der Waals surface area (Å²) in [5.74, 6) is 0.620. The second kappa shape index (κ2) is 13.1. The highest BCUT2D eigenvalue weighted by Crippen LogP contribution is 2.33. The van der Waals surface area contributed by atoms with E-state index in [1.165, 1.54) is 23.3 Å². The average molecular weight is 627 g/mol. The van der Waals surface area contributed by atoms with Gasteiger partial charge in [0.2, 0.25) is 0 Å². The molecule has 0 unspecified atom stereocenters. The minimum absolute atomic E-state index is 0.401. The summed E-state index contributed by atoms with van der Waals surface area (Å²) in [6, 6.07) is 25.4. The monoisotopic (exact) mass is 626 g/mol. The molecule has 0 aliphatic heterocycles. The van der Waals surface area contributed by atoms with Crippen LogP contribution >= 0.6 is 0 Å². The molecule has 7 rings (SSSR count). The Balaban J connectivity index is 1.19. The van der Waals surface area contributed by atoms with Crippen molar-refractivity contribution >= 4 is 21.9 Å². The highest BCUT2D eigenvalue weighted by atomic mass is 19.1. The fourth-order valence-electron chi connectivity index (χ4n) is 5.70. The predicted octanol–water partition coefficient (Wildman–Crippen LogP) is 6.91. The summed E-state index contributed by atoms with van der Waals surface area (Å²) in [4.78, 5) is 19.7. The van der Waals surface area contributed by atoms with Crippen LogP contribution in [0.1, 0.15) is 16.7 Å². The molecule has 0 fully saturated rings. The van der Waals surface area contributed by atoms with Crippen molar-refractivity contribution < 1.29 is 9.13 Å². The van der Waals surface area contributed by atoms with Crippen molar-refractivity contribution in [3.05, 3.63) is 114 Å². The third kappa shape index (κ3) is 6.74. The van der Waals surface area contributed by atoms with Gasteiger partial charge in [-0.25, -0.2) is 9.37 Å². The van der Waals surface area contributed by atoms with Crippen LogP contribution in [0.2, 0.25) is 0 Å². The third-order valence-corrected chi connectivity index (χ3v) is 7.96. The van der Waals surface area contributed by atoms with E-state index in [0.717, 1.165) is 46.3 Å². The topological polar surface area (TPSA) is 108 Å². The smallest absolute Gasteiger partial charge is 0.159 e. The normalized spacial score (nSPS) is 11.6. The van der Waals surface area contributed by atoms with Crippen LogP contribution in [-0.2, 0) is 13.1 Å². The van der Waals surface area contributed by atoms with E-state index in [0.29, 0.717) is 47.2 Å². The maximum Gasteiger partial charge on any atom is 0.159 e. The van der Waals surface area contributed by atoms with Crippen LogP contribution < -0.4 is 10.1 Å². The van der Waals surface area contributed by atoms with Gasteiger partial charge in [-0.1, -0.05) is 42.0 Å². The summed E-state index contributed by atoms with van der Waals surface area (Å²) in [6.45, 7) is 4.80. The SMILES string of the molecule is Cc1cc(CNCc2ccccc2)cc(-c2cc3c(-c4nc5c(-c6cc(F)cc(OCCN(C)C)c6)nccc5[nH]4)n[nH]c3cn2)c1. The summed E-state index contributed by atoms with van der Waals surface area (Å²) >= 11 is 0. The van der Waals surface area contributed by atoms with Gasteiger partial charge in [0, 0.05) is 48.4 Å². The fourth-order valence-corrected chi connectivity index (χ4v) is 5.70. The number of nitrogens with zero attached hydrogens (tertiary/aromatic N) is 5. The first-order valence-electron chi connectivity index (χ1n) is 15.5. The third-order valence-electron chi connectivity index (χ3n) is 7.96. The zero-order valence-corrected chi connectivity index (χ0v) is 26.5. The first-order chi connectivity index (χ1) is 22.9. The molecule has 0 bridgehead atoms. The number of pyridine rings is 2. The van der Waals surface area contributed by atoms with Crippen LogP contribution in [0.3, 0.4) is 0 Å². The number of nitrogens with one attached hydrogen (secondary N) is 3. The lowest BCUT2D eigenvalue weighted by molar-refractivity contribution is 0.260. The van der Waals surface area contributed by atoms with E-state index in [4.69, 9.17) is 14.7 Å². The number of ether oxygens (including phenoxy) is 1. The number of rotatable bonds is 11. The van der Waals surface area contributed by atoms with Crippen molar-refractivity contribution in [1.29, 1.82) is 0 Å². The first-order valence-corrected chi connectivity index (χ1v) is 15.5. The molecule has 9 nitrogen and oxygen atoms in total. The van der Waals surface area contributed by atoms with Crippen LogP contribution in [0.15, 0.2) is 91.3 Å². The molecule has 0 aliphatic carbocycles. The van der Waals surface area contributed by atoms with Crippen molar-refractivity contribution in [3.63, 3.8) is 0 Å². The van der Waals surface area contributed by atoms with Crippen molar-refractivity contribution in [2.45, 2.75) is 20.0 Å². The zero-order valence-electron chi connectivity index (χ0n) is 26.5. The molecule has 0 spiro atoms. The van der Waals surface area contributed by atoms with Gasteiger partial charge in [0.15, 0.2) is 5.82 Å². The minimum Gasteiger partial charge on any atom is -0.492 e. The number of halogens is 1. The molecule has 47 heavy (non-hydrogen) atoms. The molecule has 0 saturated carbocycles. The van der Waals surface area contributed by atoms with Gasteiger partial charge in [-0.15, -0.1) is 0 Å². The lowest BCUT2D eigenvalue weighted by atomic mass is 10.0. The van der Waals surface area contributed by atoms with Gasteiger partial charge in [-0.05, 0) is 68.5 Å². The first kappa shape index (κ1) is 30.2. The van der Waals surface area contributed by atoms with Crippen LogP contribution in [-0.4, -0.2) is 62.3 Å². The Kier molecular flexibility index (Phi) is 8.43. The number of imidazole rings is 1. The molecule has 4 heterocycles. The number of benzene rings is 3. The maximum atomic E-state index is 14.7. The molecule has 0 aliphatic rings. The van der Waals surface area contributed by atoms with Gasteiger partial charge < -0.3 is 19.9 Å². The fraction of sp³-hybridized carbons (Fsp3) is 0.189. The summed E-state index contributed by atoms with van der Waals surface area (Å²) in [5, 5.41) is 12.1. The molecule has 3 aromatic carbocycles. The number of H-pyrrole nitrogens is 2. The van der Waals surface area contributed by atoms with E-state index in [9.17, 15) is 4.39 Å². The molecular formula is C37H35FN8O. The van der Waals surface area contributed by atoms with E-state index < -0.39 is 5.82 Å². The number of aryl methyl sites for hydroxylation is 1. The van der Waals surface area contributed by atoms with Gasteiger partial charge in [0.25, 0.3) is 0 Å². The van der Waals surface area contributed by atoms with Crippen molar-refractivity contribution in [1.82, 2.24) is 40.3 Å². The number of aromatic amines is 2. The number of hydrogen-bond acceptors (Lipinski definition) is 7. The second-order valence-electron chi connectivity index (χ2n) is 12.0. The highest BCUT2D eigenvalue weighted by Gasteiger charge is 2.18. The van der Waals surface area contributed by atoms with Crippen LogP contribution in [0.4, 0.5) is 4.39 Å². The van der Waals surface area contributed by atoms with Crippen molar-refractivity contribution in [3.8, 4) is 39.8 Å². The molecular weight excluding hydrogens is 591 g/mol. The Bertz CT molecular complexity index is 2170. The van der Waals surface area contributed by atoms with Crippen LogP contribution in [0.25, 0.3) is 56.0 Å². The van der Waals surface area contributed by atoms with Crippen molar-refractivity contribution in [2.24, 2.45) is 0 Å². The van der Waals surface area contributed by atoms with Gasteiger partial charge >= 0.3 is 0 Å². The number of likely N-dealkylation sites (N-methyl/N-ethyl adjacent to an activating group) is 1. The van der Waals surface area contributed by atoms with Gasteiger partial charge in [-0.3, -0.25) is 15.1 Å². The largest absolute Gasteiger partial charge is 0.492 e. The quantitative estimate of drug-likeness (QED) is 0.143. The Morgan fingerprint density at radius 1 is 0.851 bits per heavy atom.